The lowest BCUT2D eigenvalue weighted by Crippen LogP contribution is -2.44. The number of nitrogens with two attached hydrogens (primary N) is 1. The van der Waals surface area contributed by atoms with E-state index in [1.54, 1.807) is 0 Å². The van der Waals surface area contributed by atoms with Gasteiger partial charge >= 0.3 is 41.8 Å². The van der Waals surface area contributed by atoms with Crippen molar-refractivity contribution in [2.24, 2.45) is 5.73 Å². The molecular weight excluding hydrogens is 726 g/mol. The van der Waals surface area contributed by atoms with E-state index in [1.807, 2.05) is 0 Å². The first-order valence-corrected chi connectivity index (χ1v) is 16.9. The summed E-state index contributed by atoms with van der Waals surface area (Å²) in [5.74, 6) is -7.49. The highest BCUT2D eigenvalue weighted by atomic mass is 32.2. The molecule has 0 aromatic carbocycles. The highest BCUT2D eigenvalue weighted by molar-refractivity contribution is 8.00. The van der Waals surface area contributed by atoms with E-state index in [0.29, 0.717) is 0 Å². The Bertz CT molecular complexity index is 1230. The number of amides is 2. The minimum atomic E-state index is -1.28. The quantitative estimate of drug-likeness (QED) is 0.0579. The molecule has 0 radical (unpaired) electrons. The van der Waals surface area contributed by atoms with Gasteiger partial charge in [0.1, 0.15) is 22.6 Å². The first-order chi connectivity index (χ1) is 23.9. The summed E-state index contributed by atoms with van der Waals surface area (Å²) in [6.45, 7) is 1.26. The third-order valence-corrected chi connectivity index (χ3v) is 8.76. The first kappa shape index (κ1) is 48.7. The Morgan fingerprint density at radius 3 is 1.45 bits per heavy atom. The first-order valence-electron chi connectivity index (χ1n) is 14.8. The Balaban J connectivity index is 0. The van der Waals surface area contributed by atoms with Crippen LogP contribution in [-0.2, 0) is 71.6 Å². The fourth-order valence-electron chi connectivity index (χ4n) is 3.43. The second-order valence-electron chi connectivity index (χ2n) is 9.99. The van der Waals surface area contributed by atoms with Crippen LogP contribution in [0.2, 0.25) is 0 Å². The highest BCUT2D eigenvalue weighted by Crippen LogP contribution is 2.20. The summed E-state index contributed by atoms with van der Waals surface area (Å²) < 4.78 is 22.8. The van der Waals surface area contributed by atoms with Crippen molar-refractivity contribution < 1.29 is 81.8 Å². The Morgan fingerprint density at radius 1 is 0.627 bits per heavy atom. The molecule has 22 heteroatoms. The van der Waals surface area contributed by atoms with Crippen molar-refractivity contribution in [3.8, 4) is 0 Å². The second kappa shape index (κ2) is 27.3. The molecule has 0 fully saturated rings. The molecule has 0 aliphatic rings. The van der Waals surface area contributed by atoms with Gasteiger partial charge in [0, 0.05) is 31.3 Å². The van der Waals surface area contributed by atoms with E-state index < -0.39 is 94.4 Å². The lowest BCUT2D eigenvalue weighted by Gasteiger charge is -2.20. The van der Waals surface area contributed by atoms with Gasteiger partial charge in [0.15, 0.2) is 5.78 Å². The molecule has 20 nitrogen and oxygen atoms in total. The largest absolute Gasteiger partial charge is 0.481 e. The summed E-state index contributed by atoms with van der Waals surface area (Å²) in [6, 6.07) is -3.33. The standard InChI is InChI=1S/C17H26N2O10S.C12H19NO7S/c1-28-15(24)7-12(17(27)29-2)30-8-10(11(20)4-6-14(22)23)19-13(21)5-3-9(18)16(25)26;1-7(14)13-8(11(16)19-3)6-21-9(12(17)20-4)5-10(15)18-2/h9-10,12H,3-8,18H2,1-2H3,(H,19,21)(H,22,23)(H,25,26);8-9H,5-6H2,1-4H3,(H,13,14)/t9-,10-,12?;8-,9?/m00/s1. The van der Waals surface area contributed by atoms with Gasteiger partial charge in [-0.2, -0.15) is 0 Å². The number of hydrogen-bond acceptors (Lipinski definition) is 18. The van der Waals surface area contributed by atoms with Crippen molar-refractivity contribution in [3.63, 3.8) is 0 Å². The van der Waals surface area contributed by atoms with E-state index in [1.165, 1.54) is 28.3 Å². The van der Waals surface area contributed by atoms with Crippen LogP contribution < -0.4 is 16.4 Å². The molecule has 2 amide bonds. The molecule has 0 aliphatic carbocycles. The van der Waals surface area contributed by atoms with Gasteiger partial charge in [-0.05, 0) is 6.42 Å². The molecule has 2 unspecified atom stereocenters. The lowest BCUT2D eigenvalue weighted by atomic mass is 10.1. The van der Waals surface area contributed by atoms with E-state index in [0.717, 1.165) is 37.7 Å². The Kier molecular flexibility index (Phi) is 26.1. The number of rotatable bonds is 23. The SMILES string of the molecule is COC(=O)CC(SC[C@H](NC(=O)CC[C@H](N)C(=O)O)C(=O)CCC(=O)O)C(=O)OC.COC(=O)CC(SC[C@H](NC(C)=O)C(=O)OC)C(=O)OC. The number of carboxylic acid groups (broad SMARTS) is 2. The number of esters is 5. The van der Waals surface area contributed by atoms with Crippen molar-refractivity contribution in [2.45, 2.75) is 74.1 Å². The number of hydrogen-bond donors (Lipinski definition) is 5. The Labute approximate surface area is 301 Å². The monoisotopic (exact) mass is 771 g/mol. The molecule has 0 aliphatic heterocycles. The number of aliphatic carboxylic acids is 2. The maximum Gasteiger partial charge on any atom is 0.329 e. The summed E-state index contributed by atoms with van der Waals surface area (Å²) in [5, 5.41) is 20.5. The molecule has 0 bridgehead atoms. The van der Waals surface area contributed by atoms with Gasteiger partial charge in [-0.25, -0.2) is 4.79 Å². The fourth-order valence-corrected chi connectivity index (χ4v) is 5.74. The normalized spacial score (nSPS) is 13.2. The predicted octanol–water partition coefficient (Wildman–Crippen LogP) is -1.56. The minimum Gasteiger partial charge on any atom is -0.481 e. The zero-order valence-corrected chi connectivity index (χ0v) is 30.6. The summed E-state index contributed by atoms with van der Waals surface area (Å²) in [4.78, 5) is 115. The van der Waals surface area contributed by atoms with Gasteiger partial charge in [-0.3, -0.25) is 43.2 Å². The fraction of sp³-hybridized carbons (Fsp3) is 0.655. The van der Waals surface area contributed by atoms with Gasteiger partial charge in [0.25, 0.3) is 0 Å². The maximum atomic E-state index is 12.3. The summed E-state index contributed by atoms with van der Waals surface area (Å²) in [6.07, 6.45) is -1.79. The molecule has 51 heavy (non-hydrogen) atoms. The van der Waals surface area contributed by atoms with Crippen LogP contribution in [0.4, 0.5) is 0 Å². The number of Topliss-reactive ketones (excluding diaryl/α,β-unsaturated/α-hetero) is 1. The van der Waals surface area contributed by atoms with Crippen molar-refractivity contribution >= 4 is 82.9 Å². The second-order valence-corrected chi connectivity index (χ2v) is 12.5. The van der Waals surface area contributed by atoms with Crippen LogP contribution in [0.1, 0.15) is 45.4 Å². The third-order valence-electron chi connectivity index (χ3n) is 6.19. The van der Waals surface area contributed by atoms with Crippen LogP contribution in [0.5, 0.6) is 0 Å². The van der Waals surface area contributed by atoms with Gasteiger partial charge < -0.3 is 50.3 Å². The summed E-state index contributed by atoms with van der Waals surface area (Å²) in [7, 11) is 5.85. The number of ether oxygens (including phenoxy) is 5. The van der Waals surface area contributed by atoms with E-state index >= 15 is 0 Å². The minimum absolute atomic E-state index is 0.0585. The number of ketones is 1. The van der Waals surface area contributed by atoms with E-state index in [4.69, 9.17) is 15.9 Å². The summed E-state index contributed by atoms with van der Waals surface area (Å²) in [5.41, 5.74) is 5.33. The summed E-state index contributed by atoms with van der Waals surface area (Å²) >= 11 is 1.86. The number of carbonyl (C=O) groups excluding carboxylic acids is 8. The van der Waals surface area contributed by atoms with E-state index in [2.05, 4.69) is 34.3 Å². The molecule has 0 rings (SSSR count). The van der Waals surface area contributed by atoms with Crippen LogP contribution in [0, 0.1) is 0 Å². The number of carbonyl (C=O) groups is 10. The van der Waals surface area contributed by atoms with E-state index in [-0.39, 0.29) is 43.6 Å². The average molecular weight is 772 g/mol. The highest BCUT2D eigenvalue weighted by Gasteiger charge is 2.30. The molecule has 0 spiro atoms. The van der Waals surface area contributed by atoms with Gasteiger partial charge in [-0.15, -0.1) is 23.5 Å². The molecule has 290 valence electrons. The number of methoxy groups -OCH3 is 5. The number of nitrogens with one attached hydrogen (secondary N) is 2. The molecule has 0 aromatic rings. The number of carboxylic acids is 2. The van der Waals surface area contributed by atoms with Crippen LogP contribution in [0.15, 0.2) is 0 Å². The van der Waals surface area contributed by atoms with Crippen molar-refractivity contribution in [1.82, 2.24) is 10.6 Å². The molecule has 0 saturated carbocycles. The van der Waals surface area contributed by atoms with Crippen molar-refractivity contribution in [3.05, 3.63) is 0 Å². The van der Waals surface area contributed by atoms with Crippen molar-refractivity contribution in [2.75, 3.05) is 47.1 Å². The molecular formula is C29H45N3O17S2. The van der Waals surface area contributed by atoms with Gasteiger partial charge in [-0.1, -0.05) is 0 Å². The zero-order valence-electron chi connectivity index (χ0n) is 29.0. The molecule has 0 aromatic heterocycles. The van der Waals surface area contributed by atoms with Gasteiger partial charge in [0.05, 0.1) is 60.9 Å². The Hall–Kier alpha value is -4.44. The molecule has 5 atom stereocenters. The predicted molar refractivity (Wildman–Crippen MR) is 178 cm³/mol. The smallest absolute Gasteiger partial charge is 0.329 e. The molecule has 6 N–H and O–H groups in total. The maximum absolute atomic E-state index is 12.3. The van der Waals surface area contributed by atoms with Gasteiger partial charge in [0.2, 0.25) is 11.8 Å². The van der Waals surface area contributed by atoms with Crippen LogP contribution in [0.3, 0.4) is 0 Å². The van der Waals surface area contributed by atoms with Crippen molar-refractivity contribution in [1.29, 1.82) is 0 Å². The van der Waals surface area contributed by atoms with Crippen LogP contribution in [-0.4, -0.2) is 145 Å². The number of thioether (sulfide) groups is 2. The van der Waals surface area contributed by atoms with Crippen LogP contribution in [0.25, 0.3) is 0 Å². The van der Waals surface area contributed by atoms with Crippen LogP contribution >= 0.6 is 23.5 Å². The lowest BCUT2D eigenvalue weighted by molar-refractivity contribution is -0.146. The molecule has 0 heterocycles. The Morgan fingerprint density at radius 2 is 1.08 bits per heavy atom. The van der Waals surface area contributed by atoms with E-state index in [9.17, 15) is 47.9 Å². The zero-order chi connectivity index (χ0) is 39.7. The topological polar surface area (TPSA) is 307 Å². The third kappa shape index (κ3) is 22.8. The average Bonchev–Trinajstić information content (AvgIpc) is 3.10. The molecule has 0 saturated heterocycles.